The highest BCUT2D eigenvalue weighted by molar-refractivity contribution is 6.32. The van der Waals surface area contributed by atoms with E-state index in [1.165, 1.54) is 0 Å². The first kappa shape index (κ1) is 20.3. The number of pyridine rings is 1. The average Bonchev–Trinajstić information content (AvgIpc) is 2.60. The minimum Gasteiger partial charge on any atom is -0.382 e. The first-order valence-corrected chi connectivity index (χ1v) is 8.15. The van der Waals surface area contributed by atoms with Gasteiger partial charge in [0.15, 0.2) is 0 Å². The van der Waals surface area contributed by atoms with E-state index in [9.17, 15) is 18.0 Å². The summed E-state index contributed by atoms with van der Waals surface area (Å²) in [4.78, 5) is 15.2. The Kier molecular flexibility index (Phi) is 6.85. The molecule has 0 atom stereocenters. The van der Waals surface area contributed by atoms with E-state index in [-0.39, 0.29) is 17.3 Å². The van der Waals surface area contributed by atoms with Crippen LogP contribution in [-0.2, 0) is 11.0 Å². The quantitative estimate of drug-likeness (QED) is 0.611. The molecule has 0 aliphatic rings. The number of hydrogen-bond donors (Lipinski definition) is 3. The van der Waals surface area contributed by atoms with E-state index in [4.69, 9.17) is 16.9 Å². The molecular formula is C17H15ClF3N5O. The molecule has 2 aromatic rings. The number of hydrogen-bond acceptors (Lipinski definition) is 5. The molecule has 0 saturated carbocycles. The van der Waals surface area contributed by atoms with Gasteiger partial charge in [-0.2, -0.15) is 18.4 Å². The molecule has 0 spiro atoms. The van der Waals surface area contributed by atoms with Gasteiger partial charge in [-0.15, -0.1) is 0 Å². The van der Waals surface area contributed by atoms with Gasteiger partial charge in [-0.1, -0.05) is 23.7 Å². The number of nitrogens with zero attached hydrogens (tertiary/aromatic N) is 2. The highest BCUT2D eigenvalue weighted by atomic mass is 35.5. The lowest BCUT2D eigenvalue weighted by molar-refractivity contribution is -0.137. The van der Waals surface area contributed by atoms with Gasteiger partial charge in [0.05, 0.1) is 28.0 Å². The Labute approximate surface area is 158 Å². The number of nitriles is 1. The van der Waals surface area contributed by atoms with Crippen LogP contribution >= 0.6 is 11.6 Å². The Balaban J connectivity index is 1.91. The van der Waals surface area contributed by atoms with Crippen molar-refractivity contribution >= 4 is 34.7 Å². The molecular weight excluding hydrogens is 383 g/mol. The number of para-hydroxylation sites is 2. The molecule has 6 nitrogen and oxygen atoms in total. The van der Waals surface area contributed by atoms with E-state index in [1.54, 1.807) is 30.3 Å². The topological polar surface area (TPSA) is 89.8 Å². The van der Waals surface area contributed by atoms with Crippen LogP contribution in [0.3, 0.4) is 0 Å². The van der Waals surface area contributed by atoms with Crippen molar-refractivity contribution < 1.29 is 18.0 Å². The van der Waals surface area contributed by atoms with Crippen molar-refractivity contribution in [3.8, 4) is 6.07 Å². The lowest BCUT2D eigenvalue weighted by Gasteiger charge is -2.14. The Morgan fingerprint density at radius 3 is 2.48 bits per heavy atom. The highest BCUT2D eigenvalue weighted by Crippen LogP contribution is 2.32. The van der Waals surface area contributed by atoms with Crippen LogP contribution in [0.1, 0.15) is 12.0 Å². The molecule has 0 unspecified atom stereocenters. The zero-order chi connectivity index (χ0) is 19.9. The third-order valence-electron chi connectivity index (χ3n) is 3.34. The number of anilines is 3. The van der Waals surface area contributed by atoms with Crippen LogP contribution in [0.4, 0.5) is 30.4 Å². The van der Waals surface area contributed by atoms with Crippen LogP contribution in [0, 0.1) is 11.3 Å². The zero-order valence-corrected chi connectivity index (χ0v) is 14.7. The molecule has 0 aliphatic heterocycles. The van der Waals surface area contributed by atoms with Gasteiger partial charge in [-0.05, 0) is 18.2 Å². The predicted octanol–water partition coefficient (Wildman–Crippen LogP) is 4.13. The van der Waals surface area contributed by atoms with Crippen molar-refractivity contribution in [2.75, 3.05) is 29.0 Å². The van der Waals surface area contributed by atoms with Crippen LogP contribution in [-0.4, -0.2) is 24.0 Å². The number of carbonyl (C=O) groups is 1. The molecule has 1 aromatic heterocycles. The fraction of sp³-hybridized carbons (Fsp3) is 0.235. The van der Waals surface area contributed by atoms with Crippen molar-refractivity contribution in [2.45, 2.75) is 12.6 Å². The summed E-state index contributed by atoms with van der Waals surface area (Å²) >= 11 is 5.82. The number of rotatable bonds is 7. The molecule has 1 heterocycles. The van der Waals surface area contributed by atoms with Crippen LogP contribution in [0.25, 0.3) is 0 Å². The normalized spacial score (nSPS) is 10.8. The number of benzene rings is 1. The van der Waals surface area contributed by atoms with Gasteiger partial charge in [0.25, 0.3) is 0 Å². The summed E-state index contributed by atoms with van der Waals surface area (Å²) in [6, 6.07) is 9.50. The minimum absolute atomic E-state index is 0.131. The number of aromatic nitrogens is 1. The molecule has 10 heteroatoms. The summed E-state index contributed by atoms with van der Waals surface area (Å²) in [5.74, 6) is -0.285. The average molecular weight is 398 g/mol. The summed E-state index contributed by atoms with van der Waals surface area (Å²) in [5.41, 5.74) is 0.235. The molecule has 1 amide bonds. The second-order valence-electron chi connectivity index (χ2n) is 5.33. The SMILES string of the molecule is N#CCC(=O)Nc1ccccc1NCCNc1ncc(C(F)(F)F)cc1Cl. The molecule has 0 aliphatic carbocycles. The monoisotopic (exact) mass is 397 g/mol. The maximum absolute atomic E-state index is 12.6. The first-order chi connectivity index (χ1) is 12.8. The minimum atomic E-state index is -4.50. The van der Waals surface area contributed by atoms with Crippen molar-refractivity contribution in [3.05, 3.63) is 47.1 Å². The molecule has 3 N–H and O–H groups in total. The fourth-order valence-corrected chi connectivity index (χ4v) is 2.35. The summed E-state index contributed by atoms with van der Waals surface area (Å²) < 4.78 is 37.8. The van der Waals surface area contributed by atoms with Crippen molar-refractivity contribution in [2.24, 2.45) is 0 Å². The number of alkyl halides is 3. The number of carbonyl (C=O) groups excluding carboxylic acids is 1. The molecule has 27 heavy (non-hydrogen) atoms. The van der Waals surface area contributed by atoms with Crippen LogP contribution in [0.5, 0.6) is 0 Å². The summed E-state index contributed by atoms with van der Waals surface area (Å²) in [7, 11) is 0. The summed E-state index contributed by atoms with van der Waals surface area (Å²) in [6.07, 6.45) is -4.05. The second kappa shape index (κ2) is 9.09. The Hall–Kier alpha value is -2.99. The number of halogens is 4. The van der Waals surface area contributed by atoms with Crippen LogP contribution in [0.2, 0.25) is 5.02 Å². The lowest BCUT2D eigenvalue weighted by atomic mass is 10.2. The highest BCUT2D eigenvalue weighted by Gasteiger charge is 2.31. The molecule has 0 bridgehead atoms. The summed E-state index contributed by atoms with van der Waals surface area (Å²) in [6.45, 7) is 0.697. The Morgan fingerprint density at radius 2 is 1.85 bits per heavy atom. The predicted molar refractivity (Wildman–Crippen MR) is 96.5 cm³/mol. The smallest absolute Gasteiger partial charge is 0.382 e. The Morgan fingerprint density at radius 1 is 1.19 bits per heavy atom. The van der Waals surface area contributed by atoms with E-state index < -0.39 is 17.6 Å². The van der Waals surface area contributed by atoms with Crippen molar-refractivity contribution in [1.29, 1.82) is 5.26 Å². The molecule has 2 rings (SSSR count). The van der Waals surface area contributed by atoms with Gasteiger partial charge >= 0.3 is 6.18 Å². The molecule has 1 aromatic carbocycles. The lowest BCUT2D eigenvalue weighted by Crippen LogP contribution is -2.17. The maximum atomic E-state index is 12.6. The van der Waals surface area contributed by atoms with Gasteiger partial charge in [0, 0.05) is 19.3 Å². The standard InChI is InChI=1S/C17H15ClF3N5O/c18-12-9-11(17(19,20)21)10-25-16(12)24-8-7-23-13-3-1-2-4-14(13)26-15(27)5-6-22/h1-4,9-10,23H,5,7-8H2,(H,24,25)(H,26,27). The summed E-state index contributed by atoms with van der Waals surface area (Å²) in [5, 5.41) is 16.9. The molecule has 0 radical (unpaired) electrons. The van der Waals surface area contributed by atoms with Gasteiger partial charge in [-0.25, -0.2) is 4.98 Å². The van der Waals surface area contributed by atoms with E-state index in [1.807, 2.05) is 0 Å². The van der Waals surface area contributed by atoms with Crippen molar-refractivity contribution in [3.63, 3.8) is 0 Å². The van der Waals surface area contributed by atoms with E-state index in [0.717, 1.165) is 6.07 Å². The number of amides is 1. The fourth-order valence-electron chi connectivity index (χ4n) is 2.11. The van der Waals surface area contributed by atoms with Crippen molar-refractivity contribution in [1.82, 2.24) is 4.98 Å². The third-order valence-corrected chi connectivity index (χ3v) is 3.63. The number of nitrogens with one attached hydrogen (secondary N) is 3. The molecule has 142 valence electrons. The molecule has 0 saturated heterocycles. The van der Waals surface area contributed by atoms with Gasteiger partial charge in [0.2, 0.25) is 5.91 Å². The maximum Gasteiger partial charge on any atom is 0.417 e. The zero-order valence-electron chi connectivity index (χ0n) is 13.9. The van der Waals surface area contributed by atoms with E-state index in [2.05, 4.69) is 20.9 Å². The van der Waals surface area contributed by atoms with Gasteiger partial charge in [-0.3, -0.25) is 4.79 Å². The van der Waals surface area contributed by atoms with Gasteiger partial charge < -0.3 is 16.0 Å². The largest absolute Gasteiger partial charge is 0.417 e. The van der Waals surface area contributed by atoms with Crippen LogP contribution in [0.15, 0.2) is 36.5 Å². The van der Waals surface area contributed by atoms with E-state index >= 15 is 0 Å². The third kappa shape index (κ3) is 6.04. The second-order valence-corrected chi connectivity index (χ2v) is 5.74. The first-order valence-electron chi connectivity index (χ1n) is 7.77. The molecule has 0 fully saturated rings. The van der Waals surface area contributed by atoms with Crippen LogP contribution < -0.4 is 16.0 Å². The van der Waals surface area contributed by atoms with E-state index in [0.29, 0.717) is 30.7 Å². The van der Waals surface area contributed by atoms with Gasteiger partial charge in [0.1, 0.15) is 12.2 Å². The Bertz CT molecular complexity index is 851.